The predicted octanol–water partition coefficient (Wildman–Crippen LogP) is 3.95. The van der Waals surface area contributed by atoms with Gasteiger partial charge in [0.1, 0.15) is 16.7 Å². The first-order chi connectivity index (χ1) is 10.6. The molecule has 6 heteroatoms. The molecule has 0 radical (unpaired) electrons. The predicted molar refractivity (Wildman–Crippen MR) is 86.0 cm³/mol. The first-order valence-corrected chi connectivity index (χ1v) is 7.27. The number of fused-ring (bicyclic) bond motifs is 1. The van der Waals surface area contributed by atoms with Crippen LogP contribution in [-0.4, -0.2) is 21.2 Å². The maximum absolute atomic E-state index is 14.1. The Balaban J connectivity index is 1.82. The number of nitrogens with one attached hydrogen (secondary N) is 1. The van der Waals surface area contributed by atoms with Gasteiger partial charge in [-0.05, 0) is 37.3 Å². The normalized spacial score (nSPS) is 11.0. The lowest BCUT2D eigenvalue weighted by atomic mass is 10.2. The molecule has 2 heterocycles. The highest BCUT2D eigenvalue weighted by Crippen LogP contribution is 2.29. The summed E-state index contributed by atoms with van der Waals surface area (Å²) in [5.41, 5.74) is 2.18. The standard InChI is InChI=1S/C16H15ClFN3O/c1-10-8-12-14(22)3-2-13(18)16(12)21(10)7-6-19-11-4-5-20-15(17)9-11/h2-5,8-9,22H,6-7H2,1H3,(H,19,20). The second-order valence-electron chi connectivity index (χ2n) is 5.06. The monoisotopic (exact) mass is 319 g/mol. The van der Waals surface area contributed by atoms with Crippen molar-refractivity contribution in [1.82, 2.24) is 9.55 Å². The quantitative estimate of drug-likeness (QED) is 0.716. The van der Waals surface area contributed by atoms with Crippen molar-refractivity contribution in [2.75, 3.05) is 11.9 Å². The molecular formula is C16H15ClFN3O. The lowest BCUT2D eigenvalue weighted by Crippen LogP contribution is -2.12. The first-order valence-electron chi connectivity index (χ1n) is 6.89. The van der Waals surface area contributed by atoms with Crippen LogP contribution < -0.4 is 5.32 Å². The van der Waals surface area contributed by atoms with Crippen molar-refractivity contribution in [3.05, 3.63) is 53.2 Å². The van der Waals surface area contributed by atoms with Crippen LogP contribution in [0, 0.1) is 12.7 Å². The van der Waals surface area contributed by atoms with Gasteiger partial charge in [-0.2, -0.15) is 0 Å². The highest BCUT2D eigenvalue weighted by Gasteiger charge is 2.13. The fraction of sp³-hybridized carbons (Fsp3) is 0.188. The summed E-state index contributed by atoms with van der Waals surface area (Å²) in [4.78, 5) is 3.92. The van der Waals surface area contributed by atoms with Crippen molar-refractivity contribution in [2.24, 2.45) is 0 Å². The average Bonchev–Trinajstić information content (AvgIpc) is 2.82. The van der Waals surface area contributed by atoms with Crippen LogP contribution in [0.15, 0.2) is 36.5 Å². The molecule has 4 nitrogen and oxygen atoms in total. The smallest absolute Gasteiger partial charge is 0.147 e. The maximum atomic E-state index is 14.1. The third kappa shape index (κ3) is 2.72. The number of aromatic nitrogens is 2. The molecule has 0 saturated carbocycles. The Morgan fingerprint density at radius 2 is 2.14 bits per heavy atom. The van der Waals surface area contributed by atoms with E-state index in [0.29, 0.717) is 29.1 Å². The molecule has 22 heavy (non-hydrogen) atoms. The minimum Gasteiger partial charge on any atom is -0.507 e. The minimum atomic E-state index is -0.340. The van der Waals surface area contributed by atoms with Crippen molar-refractivity contribution in [1.29, 1.82) is 0 Å². The van der Waals surface area contributed by atoms with Gasteiger partial charge in [-0.1, -0.05) is 11.6 Å². The molecule has 2 aromatic heterocycles. The number of benzene rings is 1. The molecule has 0 saturated heterocycles. The minimum absolute atomic E-state index is 0.0899. The number of aryl methyl sites for hydroxylation is 1. The molecule has 0 aliphatic carbocycles. The number of anilines is 1. The maximum Gasteiger partial charge on any atom is 0.147 e. The Labute approximate surface area is 132 Å². The lowest BCUT2D eigenvalue weighted by Gasteiger charge is -2.11. The summed E-state index contributed by atoms with van der Waals surface area (Å²) in [5, 5.41) is 14.0. The molecule has 3 aromatic rings. The van der Waals surface area contributed by atoms with Crippen LogP contribution >= 0.6 is 11.6 Å². The molecule has 1 aromatic carbocycles. The fourth-order valence-corrected chi connectivity index (χ4v) is 2.74. The largest absolute Gasteiger partial charge is 0.507 e. The van der Waals surface area contributed by atoms with Crippen LogP contribution in [0.5, 0.6) is 5.75 Å². The fourth-order valence-electron chi connectivity index (χ4n) is 2.56. The Morgan fingerprint density at radius 1 is 1.32 bits per heavy atom. The molecule has 0 spiro atoms. The summed E-state index contributed by atoms with van der Waals surface area (Å²) in [6.07, 6.45) is 1.62. The number of phenolic OH excluding ortho intramolecular Hbond substituents is 1. The van der Waals surface area contributed by atoms with E-state index in [1.807, 2.05) is 17.6 Å². The zero-order chi connectivity index (χ0) is 15.7. The Kier molecular flexibility index (Phi) is 3.90. The number of halogens is 2. The van der Waals surface area contributed by atoms with E-state index in [1.165, 1.54) is 12.1 Å². The average molecular weight is 320 g/mol. The van der Waals surface area contributed by atoms with Crippen molar-refractivity contribution in [2.45, 2.75) is 13.5 Å². The molecular weight excluding hydrogens is 305 g/mol. The number of hydrogen-bond acceptors (Lipinski definition) is 3. The zero-order valence-corrected chi connectivity index (χ0v) is 12.7. The van der Waals surface area contributed by atoms with E-state index < -0.39 is 0 Å². The molecule has 0 aliphatic rings. The van der Waals surface area contributed by atoms with Gasteiger partial charge in [0, 0.05) is 36.1 Å². The molecule has 0 aliphatic heterocycles. The van der Waals surface area contributed by atoms with Gasteiger partial charge in [0.05, 0.1) is 5.52 Å². The van der Waals surface area contributed by atoms with Crippen LogP contribution in [-0.2, 0) is 6.54 Å². The summed E-state index contributed by atoms with van der Waals surface area (Å²) >= 11 is 5.83. The number of nitrogens with zero attached hydrogens (tertiary/aromatic N) is 2. The second-order valence-corrected chi connectivity index (χ2v) is 5.45. The summed E-state index contributed by atoms with van der Waals surface area (Å²) < 4.78 is 15.9. The number of hydrogen-bond donors (Lipinski definition) is 2. The van der Waals surface area contributed by atoms with Gasteiger partial charge in [0.15, 0.2) is 0 Å². The number of phenols is 1. The van der Waals surface area contributed by atoms with E-state index in [0.717, 1.165) is 11.4 Å². The summed E-state index contributed by atoms with van der Waals surface area (Å²) in [6.45, 7) is 3.05. The van der Waals surface area contributed by atoms with Gasteiger partial charge in [-0.15, -0.1) is 0 Å². The van der Waals surface area contributed by atoms with Crippen molar-refractivity contribution in [3.63, 3.8) is 0 Å². The molecule has 0 atom stereocenters. The molecule has 2 N–H and O–H groups in total. The highest BCUT2D eigenvalue weighted by molar-refractivity contribution is 6.29. The first kappa shape index (κ1) is 14.7. The molecule has 0 amide bonds. The van der Waals surface area contributed by atoms with Crippen LogP contribution in [0.25, 0.3) is 10.9 Å². The Bertz CT molecular complexity index is 832. The Morgan fingerprint density at radius 3 is 2.91 bits per heavy atom. The highest BCUT2D eigenvalue weighted by atomic mass is 35.5. The molecule has 0 unspecified atom stereocenters. The van der Waals surface area contributed by atoms with Crippen LogP contribution in [0.3, 0.4) is 0 Å². The van der Waals surface area contributed by atoms with Crippen molar-refractivity contribution in [3.8, 4) is 5.75 Å². The van der Waals surface area contributed by atoms with Gasteiger partial charge in [-0.3, -0.25) is 0 Å². The van der Waals surface area contributed by atoms with Crippen LogP contribution in [0.1, 0.15) is 5.69 Å². The number of pyridine rings is 1. The van der Waals surface area contributed by atoms with E-state index in [1.54, 1.807) is 18.3 Å². The van der Waals surface area contributed by atoms with Gasteiger partial charge < -0.3 is 15.0 Å². The number of aromatic hydroxyl groups is 1. The van der Waals surface area contributed by atoms with Gasteiger partial charge in [-0.25, -0.2) is 9.37 Å². The topological polar surface area (TPSA) is 50.1 Å². The SMILES string of the molecule is Cc1cc2c(O)ccc(F)c2n1CCNc1ccnc(Cl)c1. The van der Waals surface area contributed by atoms with Crippen LogP contribution in [0.2, 0.25) is 5.15 Å². The zero-order valence-electron chi connectivity index (χ0n) is 12.0. The Hall–Kier alpha value is -2.27. The van der Waals surface area contributed by atoms with Crippen LogP contribution in [0.4, 0.5) is 10.1 Å². The second kappa shape index (κ2) is 5.85. The van der Waals surface area contributed by atoms with Gasteiger partial charge >= 0.3 is 0 Å². The molecule has 3 rings (SSSR count). The lowest BCUT2D eigenvalue weighted by molar-refractivity contribution is 0.480. The summed E-state index contributed by atoms with van der Waals surface area (Å²) in [5.74, 6) is -0.250. The number of rotatable bonds is 4. The molecule has 0 fully saturated rings. The third-order valence-electron chi connectivity index (χ3n) is 3.58. The van der Waals surface area contributed by atoms with E-state index in [-0.39, 0.29) is 11.6 Å². The molecule has 114 valence electrons. The summed E-state index contributed by atoms with van der Waals surface area (Å²) in [7, 11) is 0. The molecule has 0 bridgehead atoms. The van der Waals surface area contributed by atoms with Crippen molar-refractivity contribution < 1.29 is 9.50 Å². The van der Waals surface area contributed by atoms with Gasteiger partial charge in [0.25, 0.3) is 0 Å². The third-order valence-corrected chi connectivity index (χ3v) is 3.79. The van der Waals surface area contributed by atoms with Gasteiger partial charge in [0.2, 0.25) is 0 Å². The van der Waals surface area contributed by atoms with E-state index in [4.69, 9.17) is 11.6 Å². The van der Waals surface area contributed by atoms with Crippen molar-refractivity contribution >= 4 is 28.2 Å². The summed E-state index contributed by atoms with van der Waals surface area (Å²) in [6, 6.07) is 7.99. The van der Waals surface area contributed by atoms with E-state index in [9.17, 15) is 9.50 Å². The van der Waals surface area contributed by atoms with E-state index in [2.05, 4.69) is 10.3 Å². The van der Waals surface area contributed by atoms with E-state index >= 15 is 0 Å².